The highest BCUT2D eigenvalue weighted by Crippen LogP contribution is 2.17. The van der Waals surface area contributed by atoms with Gasteiger partial charge in [0.2, 0.25) is 0 Å². The summed E-state index contributed by atoms with van der Waals surface area (Å²) in [4.78, 5) is 16.0. The summed E-state index contributed by atoms with van der Waals surface area (Å²) in [5.41, 5.74) is 0.474. The van der Waals surface area contributed by atoms with Gasteiger partial charge in [-0.1, -0.05) is 18.2 Å². The minimum Gasteiger partial charge on any atom is -0.468 e. The molecule has 2 rings (SSSR count). The van der Waals surface area contributed by atoms with Gasteiger partial charge in [0.05, 0.1) is 6.61 Å². The third-order valence-corrected chi connectivity index (χ3v) is 3.00. The zero-order valence-corrected chi connectivity index (χ0v) is 11.4. The van der Waals surface area contributed by atoms with Crippen LogP contribution in [0, 0.1) is 0 Å². The number of hydrogen-bond donors (Lipinski definition) is 5. The Labute approximate surface area is 125 Å². The summed E-state index contributed by atoms with van der Waals surface area (Å²) in [5, 5.41) is 43.5. The average Bonchev–Trinajstić information content (AvgIpc) is 2.53. The van der Waals surface area contributed by atoms with Crippen molar-refractivity contribution in [3.05, 3.63) is 30.3 Å². The van der Waals surface area contributed by atoms with Crippen molar-refractivity contribution in [2.24, 2.45) is 5.16 Å². The van der Waals surface area contributed by atoms with Crippen molar-refractivity contribution in [1.82, 2.24) is 0 Å². The Kier molecular flexibility index (Phi) is 5.28. The lowest BCUT2D eigenvalue weighted by Crippen LogP contribution is -2.56. The summed E-state index contributed by atoms with van der Waals surface area (Å²) < 4.78 is 4.97. The van der Waals surface area contributed by atoms with E-state index < -0.39 is 43.0 Å². The van der Waals surface area contributed by atoms with Crippen molar-refractivity contribution in [2.75, 3.05) is 11.9 Å². The van der Waals surface area contributed by atoms with Crippen molar-refractivity contribution < 1.29 is 34.8 Å². The Morgan fingerprint density at radius 2 is 1.91 bits per heavy atom. The average molecular weight is 312 g/mol. The molecular weight excluding hydrogens is 296 g/mol. The maximum Gasteiger partial charge on any atom is 0.437 e. The van der Waals surface area contributed by atoms with Crippen LogP contribution >= 0.6 is 0 Å². The Hall–Kier alpha value is -2.20. The maximum absolute atomic E-state index is 11.5. The highest BCUT2D eigenvalue weighted by atomic mass is 16.7. The summed E-state index contributed by atoms with van der Waals surface area (Å²) >= 11 is 0. The van der Waals surface area contributed by atoms with Gasteiger partial charge in [-0.3, -0.25) is 10.2 Å². The zero-order valence-electron chi connectivity index (χ0n) is 11.4. The van der Waals surface area contributed by atoms with Crippen LogP contribution in [-0.2, 0) is 9.57 Å². The molecule has 5 N–H and O–H groups in total. The molecule has 1 aromatic rings. The molecule has 0 radical (unpaired) electrons. The fourth-order valence-electron chi connectivity index (χ4n) is 1.82. The smallest absolute Gasteiger partial charge is 0.437 e. The van der Waals surface area contributed by atoms with E-state index in [0.29, 0.717) is 5.69 Å². The molecule has 120 valence electrons. The van der Waals surface area contributed by atoms with Crippen LogP contribution in [0.3, 0.4) is 0 Å². The molecule has 9 nitrogen and oxygen atoms in total. The third-order valence-electron chi connectivity index (χ3n) is 3.00. The van der Waals surface area contributed by atoms with E-state index in [1.54, 1.807) is 30.3 Å². The second-order valence-electron chi connectivity index (χ2n) is 4.56. The minimum atomic E-state index is -1.68. The predicted molar refractivity (Wildman–Crippen MR) is 74.0 cm³/mol. The van der Waals surface area contributed by atoms with Crippen LogP contribution in [0.25, 0.3) is 0 Å². The second kappa shape index (κ2) is 7.18. The third kappa shape index (κ3) is 3.71. The van der Waals surface area contributed by atoms with Crippen molar-refractivity contribution in [3.8, 4) is 0 Å². The lowest BCUT2D eigenvalue weighted by molar-refractivity contribution is -0.130. The normalized spacial score (nSPS) is 29.7. The number of aliphatic hydroxyl groups excluding tert-OH is 4. The molecule has 0 aromatic heterocycles. The summed E-state index contributed by atoms with van der Waals surface area (Å²) in [6, 6.07) is 8.44. The van der Waals surface area contributed by atoms with Crippen molar-refractivity contribution in [3.63, 3.8) is 0 Å². The zero-order chi connectivity index (χ0) is 16.1. The van der Waals surface area contributed by atoms with E-state index in [0.717, 1.165) is 0 Å². The monoisotopic (exact) mass is 312 g/mol. The molecule has 0 spiro atoms. The number of nitrogens with zero attached hydrogens (tertiary/aromatic N) is 1. The first-order chi connectivity index (χ1) is 10.5. The van der Waals surface area contributed by atoms with E-state index in [2.05, 4.69) is 15.3 Å². The second-order valence-corrected chi connectivity index (χ2v) is 4.56. The number of nitrogens with one attached hydrogen (secondary N) is 1. The van der Waals surface area contributed by atoms with Gasteiger partial charge < -0.3 is 25.2 Å². The molecule has 0 aliphatic carbocycles. The van der Waals surface area contributed by atoms with Crippen molar-refractivity contribution >= 4 is 17.7 Å². The van der Waals surface area contributed by atoms with Gasteiger partial charge in [0, 0.05) is 5.69 Å². The molecule has 0 unspecified atom stereocenters. The Bertz CT molecular complexity index is 534. The lowest BCUT2D eigenvalue weighted by atomic mass is 10.00. The first-order valence-corrected chi connectivity index (χ1v) is 6.45. The molecule has 1 aliphatic heterocycles. The summed E-state index contributed by atoms with van der Waals surface area (Å²) in [5.74, 6) is -0.514. The highest BCUT2D eigenvalue weighted by molar-refractivity contribution is 5.86. The van der Waals surface area contributed by atoms with E-state index >= 15 is 0 Å². The summed E-state index contributed by atoms with van der Waals surface area (Å²) in [6.45, 7) is -0.611. The summed E-state index contributed by atoms with van der Waals surface area (Å²) in [6.07, 6.45) is -6.90. The molecule has 1 fully saturated rings. The number of amides is 1. The molecule has 4 atom stereocenters. The fraction of sp³-hybridized carbons (Fsp3) is 0.385. The molecule has 1 heterocycles. The molecule has 22 heavy (non-hydrogen) atoms. The summed E-state index contributed by atoms with van der Waals surface area (Å²) in [7, 11) is 0. The number of anilines is 1. The molecule has 1 aliphatic rings. The van der Waals surface area contributed by atoms with Crippen LogP contribution in [-0.4, -0.2) is 63.4 Å². The first kappa shape index (κ1) is 16.2. The van der Waals surface area contributed by atoms with E-state index in [9.17, 15) is 20.1 Å². The van der Waals surface area contributed by atoms with Crippen molar-refractivity contribution in [2.45, 2.75) is 24.4 Å². The van der Waals surface area contributed by atoms with Gasteiger partial charge in [-0.15, -0.1) is 0 Å². The fourth-order valence-corrected chi connectivity index (χ4v) is 1.82. The molecular formula is C13H16N2O7. The topological polar surface area (TPSA) is 141 Å². The SMILES string of the molecule is O=C(Nc1ccccc1)O/N=C1/O[C@@H](CO)[C@H](O)[C@H](O)[C@@H]1O. The Morgan fingerprint density at radius 1 is 1.23 bits per heavy atom. The van der Waals surface area contributed by atoms with Crippen LogP contribution < -0.4 is 5.32 Å². The number of benzene rings is 1. The van der Waals surface area contributed by atoms with Gasteiger partial charge in [0.1, 0.15) is 12.2 Å². The Balaban J connectivity index is 1.98. The number of carbonyl (C=O) groups is 1. The van der Waals surface area contributed by atoms with E-state index in [-0.39, 0.29) is 0 Å². The van der Waals surface area contributed by atoms with Gasteiger partial charge in [0.15, 0.2) is 12.2 Å². The molecule has 0 saturated carbocycles. The number of oxime groups is 1. The molecule has 1 amide bonds. The van der Waals surface area contributed by atoms with Crippen LogP contribution in [0.15, 0.2) is 35.5 Å². The van der Waals surface area contributed by atoms with Crippen LogP contribution in [0.1, 0.15) is 0 Å². The minimum absolute atomic E-state index is 0.474. The van der Waals surface area contributed by atoms with Crippen molar-refractivity contribution in [1.29, 1.82) is 0 Å². The number of rotatable bonds is 3. The molecule has 9 heteroatoms. The van der Waals surface area contributed by atoms with E-state index in [4.69, 9.17) is 9.84 Å². The van der Waals surface area contributed by atoms with Gasteiger partial charge in [-0.25, -0.2) is 4.79 Å². The largest absolute Gasteiger partial charge is 0.468 e. The van der Waals surface area contributed by atoms with Gasteiger partial charge in [0.25, 0.3) is 5.90 Å². The van der Waals surface area contributed by atoms with Gasteiger partial charge in [-0.05, 0) is 17.3 Å². The number of aliphatic hydroxyl groups is 4. The van der Waals surface area contributed by atoms with Crippen LogP contribution in [0.4, 0.5) is 10.5 Å². The van der Waals surface area contributed by atoms with Crippen LogP contribution in [0.5, 0.6) is 0 Å². The first-order valence-electron chi connectivity index (χ1n) is 6.45. The van der Waals surface area contributed by atoms with Gasteiger partial charge in [-0.2, -0.15) is 0 Å². The quantitative estimate of drug-likeness (QED) is 0.357. The Morgan fingerprint density at radius 3 is 2.55 bits per heavy atom. The van der Waals surface area contributed by atoms with E-state index in [1.807, 2.05) is 0 Å². The van der Waals surface area contributed by atoms with Crippen LogP contribution in [0.2, 0.25) is 0 Å². The van der Waals surface area contributed by atoms with Gasteiger partial charge >= 0.3 is 6.09 Å². The number of carbonyl (C=O) groups excluding carboxylic acids is 1. The number of hydrogen-bond acceptors (Lipinski definition) is 8. The number of ether oxygens (including phenoxy) is 1. The predicted octanol–water partition coefficient (Wildman–Crippen LogP) is -0.978. The lowest BCUT2D eigenvalue weighted by Gasteiger charge is -2.34. The molecule has 0 bridgehead atoms. The standard InChI is InChI=1S/C13H16N2O7/c16-6-8-9(17)10(18)11(19)12(21-8)15-22-13(20)14-7-4-2-1-3-5-7/h1-5,8-11,16-19H,6H2,(H,14,20)/b15-12+/t8-,9-,10-,11-/m0/s1. The highest BCUT2D eigenvalue weighted by Gasteiger charge is 2.42. The van der Waals surface area contributed by atoms with E-state index in [1.165, 1.54) is 0 Å². The molecule has 1 saturated heterocycles. The molecule has 1 aromatic carbocycles. The maximum atomic E-state index is 11.5. The number of para-hydroxylation sites is 1.